The molecule has 0 amide bonds. The van der Waals surface area contributed by atoms with E-state index in [9.17, 15) is 23.2 Å². The van der Waals surface area contributed by atoms with Crippen molar-refractivity contribution in [2.45, 2.75) is 21.6 Å². The first kappa shape index (κ1) is 21.7. The van der Waals surface area contributed by atoms with Crippen molar-refractivity contribution < 1.29 is 52.4 Å². The van der Waals surface area contributed by atoms with E-state index < -0.39 is 20.8 Å². The Morgan fingerprint density at radius 3 is 1.81 bits per heavy atom. The average Bonchev–Trinajstić information content (AvgIpc) is 2.61. The third-order valence-corrected chi connectivity index (χ3v) is 5.33. The summed E-state index contributed by atoms with van der Waals surface area (Å²) < 4.78 is 40.9. The smallest absolute Gasteiger partial charge is 0.298 e. The second-order valence-corrected chi connectivity index (χ2v) is 7.76. The van der Waals surface area contributed by atoms with Gasteiger partial charge in [-0.2, -0.15) is 8.42 Å². The van der Waals surface area contributed by atoms with Crippen molar-refractivity contribution in [1.82, 2.24) is 0 Å². The van der Waals surface area contributed by atoms with Crippen LogP contribution in [0, 0.1) is 6.92 Å². The first-order chi connectivity index (χ1) is 12.7. The van der Waals surface area contributed by atoms with E-state index in [2.05, 4.69) is 18.7 Å². The van der Waals surface area contributed by atoms with Gasteiger partial charge >= 0.3 is 0 Å². The third kappa shape index (κ3) is 5.23. The summed E-state index contributed by atoms with van der Waals surface area (Å²) in [4.78, 5) is -0.910. The lowest BCUT2D eigenvalue weighted by atomic mass is 10.0. The minimum absolute atomic E-state index is 0.115. The normalized spacial score (nSPS) is 11.7. The van der Waals surface area contributed by atoms with Crippen molar-refractivity contribution >= 4 is 34.2 Å². The van der Waals surface area contributed by atoms with Crippen LogP contribution < -0.4 is 0 Å². The van der Waals surface area contributed by atoms with E-state index in [0.29, 0.717) is 23.2 Å². The summed E-state index contributed by atoms with van der Waals surface area (Å²) in [5, 5.41) is 43.4. The summed E-state index contributed by atoms with van der Waals surface area (Å²) >= 11 is 0.760. The van der Waals surface area contributed by atoms with Crippen LogP contribution in [0.3, 0.4) is 0 Å². The van der Waals surface area contributed by atoms with Gasteiger partial charge in [0.15, 0.2) is 5.75 Å². The number of hydrogen-bond donors (Lipinski definition) is 5. The van der Waals surface area contributed by atoms with Crippen molar-refractivity contribution in [2.75, 3.05) is 0 Å². The molecule has 14 heteroatoms. The van der Waals surface area contributed by atoms with Crippen LogP contribution in [-0.2, 0) is 28.9 Å². The minimum Gasteiger partial charge on any atom is -0.506 e. The van der Waals surface area contributed by atoms with Gasteiger partial charge in [-0.1, -0.05) is 10.1 Å². The number of phenolic OH excluding ortho intramolecular Hbond substituents is 2. The molecule has 11 nitrogen and oxygen atoms in total. The number of hydrogen-bond acceptors (Lipinski definition) is 12. The van der Waals surface area contributed by atoms with E-state index in [4.69, 9.17) is 10.5 Å². The van der Waals surface area contributed by atoms with Gasteiger partial charge in [0.05, 0.1) is 33.9 Å². The van der Waals surface area contributed by atoms with E-state index in [1.54, 1.807) is 6.92 Å². The number of phenols is 2. The zero-order valence-electron chi connectivity index (χ0n) is 13.2. The van der Waals surface area contributed by atoms with Crippen LogP contribution in [0.5, 0.6) is 11.5 Å². The van der Waals surface area contributed by atoms with E-state index >= 15 is 0 Å². The molecule has 2 rings (SSSR count). The Morgan fingerprint density at radius 2 is 1.33 bits per heavy atom. The lowest BCUT2D eigenvalue weighted by Gasteiger charge is -2.13. The molecule has 0 bridgehead atoms. The SMILES string of the molecule is Cc1cc(-c2cc(SOOO)c(O)c(S(=O)(=O)O)c2)cc(SOOO)c1O. The molecule has 0 aliphatic rings. The molecule has 0 radical (unpaired) electrons. The van der Waals surface area contributed by atoms with E-state index in [0.717, 1.165) is 6.07 Å². The zero-order chi connectivity index (χ0) is 20.2. The van der Waals surface area contributed by atoms with Crippen molar-refractivity contribution in [3.05, 3.63) is 29.8 Å². The lowest BCUT2D eigenvalue weighted by molar-refractivity contribution is -0.432. The maximum atomic E-state index is 11.5. The monoisotopic (exact) mass is 440 g/mol. The van der Waals surface area contributed by atoms with Gasteiger partial charge in [0.2, 0.25) is 0 Å². The summed E-state index contributed by atoms with van der Waals surface area (Å²) in [5.41, 5.74) is 0.882. The highest BCUT2D eigenvalue weighted by Gasteiger charge is 2.22. The molecule has 0 aliphatic heterocycles. The Morgan fingerprint density at radius 1 is 0.852 bits per heavy atom. The van der Waals surface area contributed by atoms with Crippen LogP contribution in [0.1, 0.15) is 5.56 Å². The van der Waals surface area contributed by atoms with Crippen LogP contribution in [0.2, 0.25) is 0 Å². The molecule has 0 fully saturated rings. The maximum Gasteiger partial charge on any atom is 0.298 e. The standard InChI is InChI=1S/C13H12O11S3/c1-6-2-7(3-9(12(6)14)25-23-21-16)8-4-10(26-24-22-17)13(15)11(5-8)27(18,19)20/h2-5,14-17H,1H3,(H,18,19,20). The molecule has 27 heavy (non-hydrogen) atoms. The average molecular weight is 440 g/mol. The highest BCUT2D eigenvalue weighted by molar-refractivity contribution is 7.95. The fourth-order valence-corrected chi connectivity index (χ4v) is 3.77. The Kier molecular flexibility index (Phi) is 7.29. The molecule has 0 spiro atoms. The van der Waals surface area contributed by atoms with Crippen LogP contribution in [-0.4, -0.2) is 33.7 Å². The van der Waals surface area contributed by atoms with Crippen molar-refractivity contribution in [3.63, 3.8) is 0 Å². The van der Waals surface area contributed by atoms with Crippen LogP contribution in [0.15, 0.2) is 39.0 Å². The predicted molar refractivity (Wildman–Crippen MR) is 91.1 cm³/mol. The molecular formula is C13H12O11S3. The van der Waals surface area contributed by atoms with Gasteiger partial charge in [0.1, 0.15) is 10.6 Å². The molecule has 0 aliphatic carbocycles. The number of aryl methyl sites for hydroxylation is 1. The van der Waals surface area contributed by atoms with Crippen molar-refractivity contribution in [3.8, 4) is 22.6 Å². The van der Waals surface area contributed by atoms with Gasteiger partial charge in [-0.05, 0) is 47.9 Å². The fourth-order valence-electron chi connectivity index (χ4n) is 2.09. The van der Waals surface area contributed by atoms with Gasteiger partial charge in [-0.15, -0.1) is 8.67 Å². The fraction of sp³-hybridized carbons (Fsp3) is 0.0769. The summed E-state index contributed by atoms with van der Waals surface area (Å²) in [6.45, 7) is 1.55. The van der Waals surface area contributed by atoms with Crippen LogP contribution >= 0.6 is 24.1 Å². The van der Waals surface area contributed by atoms with Gasteiger partial charge in [0.25, 0.3) is 10.1 Å². The zero-order valence-corrected chi connectivity index (χ0v) is 15.7. The third-order valence-electron chi connectivity index (χ3n) is 3.23. The molecule has 0 atom stereocenters. The van der Waals surface area contributed by atoms with Gasteiger partial charge in [-0.25, -0.2) is 10.5 Å². The number of benzene rings is 2. The molecule has 2 aromatic carbocycles. The highest BCUT2D eigenvalue weighted by Crippen LogP contribution is 2.41. The molecule has 5 N–H and O–H groups in total. The van der Waals surface area contributed by atoms with E-state index in [1.165, 1.54) is 18.2 Å². The second kappa shape index (κ2) is 9.07. The summed E-state index contributed by atoms with van der Waals surface area (Å²) in [6, 6.07) is 5.11. The Bertz CT molecular complexity index is 930. The topological polar surface area (TPSA) is 172 Å². The molecule has 0 aromatic heterocycles. The minimum atomic E-state index is -4.81. The van der Waals surface area contributed by atoms with E-state index in [1.807, 2.05) is 0 Å². The number of aromatic hydroxyl groups is 2. The predicted octanol–water partition coefficient (Wildman–Crippen LogP) is 3.18. The van der Waals surface area contributed by atoms with Crippen LogP contribution in [0.4, 0.5) is 0 Å². The van der Waals surface area contributed by atoms with Gasteiger partial charge in [0, 0.05) is 0 Å². The molecule has 0 heterocycles. The number of rotatable bonds is 8. The second-order valence-electron chi connectivity index (χ2n) is 4.89. The Labute approximate surface area is 160 Å². The largest absolute Gasteiger partial charge is 0.506 e. The summed E-state index contributed by atoms with van der Waals surface area (Å²) in [7, 11) is -4.81. The molecule has 0 saturated carbocycles. The Balaban J connectivity index is 2.65. The summed E-state index contributed by atoms with van der Waals surface area (Å²) in [5.74, 6) is -1.01. The first-order valence-electron chi connectivity index (χ1n) is 6.67. The molecular weight excluding hydrogens is 428 g/mol. The Hall–Kier alpha value is -1.59. The van der Waals surface area contributed by atoms with Gasteiger partial charge < -0.3 is 10.2 Å². The van der Waals surface area contributed by atoms with Gasteiger partial charge in [-0.3, -0.25) is 4.55 Å². The first-order valence-corrected chi connectivity index (χ1v) is 9.59. The maximum absolute atomic E-state index is 11.5. The quantitative estimate of drug-likeness (QED) is 0.175. The van der Waals surface area contributed by atoms with Crippen LogP contribution in [0.25, 0.3) is 11.1 Å². The van der Waals surface area contributed by atoms with Crippen molar-refractivity contribution in [2.24, 2.45) is 0 Å². The van der Waals surface area contributed by atoms with Crippen molar-refractivity contribution in [1.29, 1.82) is 0 Å². The molecule has 148 valence electrons. The molecule has 2 aromatic rings. The molecule has 0 saturated heterocycles. The highest BCUT2D eigenvalue weighted by atomic mass is 32.2. The van der Waals surface area contributed by atoms with E-state index in [-0.39, 0.29) is 33.1 Å². The summed E-state index contributed by atoms with van der Waals surface area (Å²) in [6.07, 6.45) is 0. The molecule has 0 unspecified atom stereocenters. The lowest BCUT2D eigenvalue weighted by Crippen LogP contribution is -2.00.